The van der Waals surface area contributed by atoms with Gasteiger partial charge >= 0.3 is 0 Å². The van der Waals surface area contributed by atoms with Crippen molar-refractivity contribution in [1.82, 2.24) is 10.2 Å². The fraction of sp³-hybridized carbons (Fsp3) is 0.350. The van der Waals surface area contributed by atoms with Gasteiger partial charge in [0.15, 0.2) is 0 Å². The van der Waals surface area contributed by atoms with Crippen LogP contribution in [0.15, 0.2) is 54.6 Å². The summed E-state index contributed by atoms with van der Waals surface area (Å²) in [5, 5.41) is 3.61. The van der Waals surface area contributed by atoms with Crippen LogP contribution in [0.5, 0.6) is 11.5 Å². The van der Waals surface area contributed by atoms with Crippen LogP contribution in [0.4, 0.5) is 0 Å². The molecule has 2 atom stereocenters. The number of carbonyl (C=O) groups excluding carboxylic acids is 1. The van der Waals surface area contributed by atoms with E-state index in [-0.39, 0.29) is 5.91 Å². The summed E-state index contributed by atoms with van der Waals surface area (Å²) in [5.74, 6) is 1.57. The quantitative estimate of drug-likeness (QED) is 0.941. The monoisotopic (exact) mass is 322 g/mol. The second kappa shape index (κ2) is 6.65. The third kappa shape index (κ3) is 3.29. The molecule has 4 rings (SSSR count). The predicted molar refractivity (Wildman–Crippen MR) is 93.4 cm³/mol. The number of likely N-dealkylation sites (tertiary alicyclic amines) is 1. The van der Waals surface area contributed by atoms with Crippen LogP contribution in [0.2, 0.25) is 0 Å². The highest BCUT2D eigenvalue weighted by Crippen LogP contribution is 2.24. The molecule has 0 spiro atoms. The SMILES string of the molecule is O=C(c1cccc(Oc2ccccc2)c1)N1CCC2CCC(C1)N2. The van der Waals surface area contributed by atoms with Crippen molar-refractivity contribution in [3.05, 3.63) is 60.2 Å². The van der Waals surface area contributed by atoms with Crippen molar-refractivity contribution < 1.29 is 9.53 Å². The van der Waals surface area contributed by atoms with Crippen LogP contribution in [0.25, 0.3) is 0 Å². The van der Waals surface area contributed by atoms with Gasteiger partial charge in [-0.3, -0.25) is 4.79 Å². The number of nitrogens with zero attached hydrogens (tertiary/aromatic N) is 1. The van der Waals surface area contributed by atoms with Crippen LogP contribution in [0.3, 0.4) is 0 Å². The highest BCUT2D eigenvalue weighted by Gasteiger charge is 2.31. The second-order valence-corrected chi connectivity index (χ2v) is 6.62. The molecule has 24 heavy (non-hydrogen) atoms. The molecule has 1 N–H and O–H groups in total. The lowest BCUT2D eigenvalue weighted by atomic mass is 10.1. The molecule has 2 aliphatic rings. The highest BCUT2D eigenvalue weighted by molar-refractivity contribution is 5.94. The fourth-order valence-electron chi connectivity index (χ4n) is 3.63. The van der Waals surface area contributed by atoms with Gasteiger partial charge in [0.2, 0.25) is 0 Å². The molecule has 4 heteroatoms. The van der Waals surface area contributed by atoms with Crippen LogP contribution in [-0.2, 0) is 0 Å². The van der Waals surface area contributed by atoms with Crippen molar-refractivity contribution >= 4 is 5.91 Å². The van der Waals surface area contributed by atoms with Crippen molar-refractivity contribution in [3.8, 4) is 11.5 Å². The van der Waals surface area contributed by atoms with E-state index in [4.69, 9.17) is 4.74 Å². The Morgan fingerprint density at radius 3 is 2.62 bits per heavy atom. The maximum atomic E-state index is 12.9. The normalized spacial score (nSPS) is 22.9. The number of hydrogen-bond acceptors (Lipinski definition) is 3. The largest absolute Gasteiger partial charge is 0.457 e. The molecule has 2 bridgehead atoms. The minimum Gasteiger partial charge on any atom is -0.457 e. The molecule has 4 nitrogen and oxygen atoms in total. The maximum Gasteiger partial charge on any atom is 0.254 e. The molecule has 2 saturated heterocycles. The van der Waals surface area contributed by atoms with Crippen LogP contribution >= 0.6 is 0 Å². The van der Waals surface area contributed by atoms with Crippen molar-refractivity contribution in [2.75, 3.05) is 13.1 Å². The third-order valence-electron chi connectivity index (χ3n) is 4.87. The molecule has 2 fully saturated rings. The molecule has 2 aliphatic heterocycles. The van der Waals surface area contributed by atoms with Gasteiger partial charge in [-0.2, -0.15) is 0 Å². The molecule has 2 heterocycles. The first kappa shape index (κ1) is 15.2. The Morgan fingerprint density at radius 1 is 0.958 bits per heavy atom. The van der Waals surface area contributed by atoms with E-state index in [1.54, 1.807) is 0 Å². The Morgan fingerprint density at radius 2 is 1.75 bits per heavy atom. The summed E-state index contributed by atoms with van der Waals surface area (Å²) in [4.78, 5) is 14.9. The number of rotatable bonds is 3. The van der Waals surface area contributed by atoms with E-state index in [0.717, 1.165) is 25.3 Å². The van der Waals surface area contributed by atoms with Gasteiger partial charge in [-0.15, -0.1) is 0 Å². The Balaban J connectivity index is 1.49. The van der Waals surface area contributed by atoms with Gasteiger partial charge in [0, 0.05) is 30.7 Å². The summed E-state index contributed by atoms with van der Waals surface area (Å²) in [6.45, 7) is 1.63. The molecular weight excluding hydrogens is 300 g/mol. The van der Waals surface area contributed by atoms with E-state index in [9.17, 15) is 4.79 Å². The number of para-hydroxylation sites is 1. The Hall–Kier alpha value is -2.33. The van der Waals surface area contributed by atoms with E-state index in [1.807, 2.05) is 59.5 Å². The lowest BCUT2D eigenvalue weighted by Crippen LogP contribution is -2.39. The van der Waals surface area contributed by atoms with Crippen molar-refractivity contribution in [2.24, 2.45) is 0 Å². The smallest absolute Gasteiger partial charge is 0.254 e. The van der Waals surface area contributed by atoms with Gasteiger partial charge < -0.3 is 15.0 Å². The van der Waals surface area contributed by atoms with E-state index < -0.39 is 0 Å². The first-order valence-corrected chi connectivity index (χ1v) is 8.66. The maximum absolute atomic E-state index is 12.9. The summed E-state index contributed by atoms with van der Waals surface area (Å²) < 4.78 is 5.85. The zero-order valence-electron chi connectivity index (χ0n) is 13.7. The number of amides is 1. The first-order chi connectivity index (χ1) is 11.8. The molecule has 1 amide bonds. The zero-order chi connectivity index (χ0) is 16.4. The molecule has 0 radical (unpaired) electrons. The average Bonchev–Trinajstić information content (AvgIpc) is 2.94. The van der Waals surface area contributed by atoms with E-state index >= 15 is 0 Å². The molecule has 124 valence electrons. The lowest BCUT2D eigenvalue weighted by Gasteiger charge is -2.24. The number of benzene rings is 2. The van der Waals surface area contributed by atoms with Gasteiger partial charge in [0.05, 0.1) is 0 Å². The molecule has 2 unspecified atom stereocenters. The van der Waals surface area contributed by atoms with E-state index in [2.05, 4.69) is 5.32 Å². The number of ether oxygens (including phenoxy) is 1. The summed E-state index contributed by atoms with van der Waals surface area (Å²) in [6, 6.07) is 18.1. The second-order valence-electron chi connectivity index (χ2n) is 6.62. The Labute approximate surface area is 142 Å². The van der Waals surface area contributed by atoms with Gasteiger partial charge in [0.25, 0.3) is 5.91 Å². The first-order valence-electron chi connectivity index (χ1n) is 8.66. The Kier molecular flexibility index (Phi) is 4.22. The Bertz CT molecular complexity index is 717. The standard InChI is InChI=1S/C20H22N2O2/c23-20(22-12-11-16-9-10-17(14-22)21-16)15-5-4-8-19(13-15)24-18-6-2-1-3-7-18/h1-8,13,16-17,21H,9-12,14H2. The minimum absolute atomic E-state index is 0.0999. The molecule has 0 aromatic heterocycles. The van der Waals surface area contributed by atoms with Crippen LogP contribution in [0, 0.1) is 0 Å². The van der Waals surface area contributed by atoms with Gasteiger partial charge in [-0.25, -0.2) is 0 Å². The summed E-state index contributed by atoms with van der Waals surface area (Å²) >= 11 is 0. The lowest BCUT2D eigenvalue weighted by molar-refractivity contribution is 0.0748. The third-order valence-corrected chi connectivity index (χ3v) is 4.87. The highest BCUT2D eigenvalue weighted by atomic mass is 16.5. The van der Waals surface area contributed by atoms with Crippen LogP contribution in [0.1, 0.15) is 29.6 Å². The number of nitrogens with one attached hydrogen (secondary N) is 1. The molecule has 0 saturated carbocycles. The zero-order valence-corrected chi connectivity index (χ0v) is 13.7. The molecule has 0 aliphatic carbocycles. The number of fused-ring (bicyclic) bond motifs is 2. The summed E-state index contributed by atoms with van der Waals surface area (Å²) in [7, 11) is 0. The molecular formula is C20H22N2O2. The van der Waals surface area contributed by atoms with Crippen molar-refractivity contribution in [3.63, 3.8) is 0 Å². The van der Waals surface area contributed by atoms with E-state index in [1.165, 1.54) is 12.8 Å². The fourth-order valence-corrected chi connectivity index (χ4v) is 3.63. The predicted octanol–water partition coefficient (Wildman–Crippen LogP) is 3.45. The van der Waals surface area contributed by atoms with Gasteiger partial charge in [-0.05, 0) is 49.6 Å². The van der Waals surface area contributed by atoms with Crippen LogP contribution in [-0.4, -0.2) is 36.0 Å². The van der Waals surface area contributed by atoms with Gasteiger partial charge in [0.1, 0.15) is 11.5 Å². The number of carbonyl (C=O) groups is 1. The topological polar surface area (TPSA) is 41.6 Å². The van der Waals surface area contributed by atoms with E-state index in [0.29, 0.717) is 23.4 Å². The van der Waals surface area contributed by atoms with Crippen molar-refractivity contribution in [1.29, 1.82) is 0 Å². The molecule has 2 aromatic carbocycles. The van der Waals surface area contributed by atoms with Crippen molar-refractivity contribution in [2.45, 2.75) is 31.3 Å². The summed E-state index contributed by atoms with van der Waals surface area (Å²) in [5.41, 5.74) is 0.696. The summed E-state index contributed by atoms with van der Waals surface area (Å²) in [6.07, 6.45) is 3.46. The van der Waals surface area contributed by atoms with Gasteiger partial charge in [-0.1, -0.05) is 24.3 Å². The molecule has 2 aromatic rings. The average molecular weight is 322 g/mol. The van der Waals surface area contributed by atoms with Crippen LogP contribution < -0.4 is 10.1 Å². The number of hydrogen-bond donors (Lipinski definition) is 1. The minimum atomic E-state index is 0.0999.